The van der Waals surface area contributed by atoms with Gasteiger partial charge in [0.15, 0.2) is 0 Å². The van der Waals surface area contributed by atoms with Gasteiger partial charge in [0.05, 0.1) is 29.3 Å². The average molecular weight is 295 g/mol. The summed E-state index contributed by atoms with van der Waals surface area (Å²) in [5.41, 5.74) is 9.00. The number of nitrogens with two attached hydrogens (primary N) is 1. The van der Waals surface area contributed by atoms with Crippen LogP contribution in [0.25, 0.3) is 11.0 Å². The van der Waals surface area contributed by atoms with Gasteiger partial charge in [0.25, 0.3) is 0 Å². The Labute approximate surface area is 128 Å². The van der Waals surface area contributed by atoms with E-state index in [1.807, 2.05) is 41.0 Å². The number of hydrogen-bond acceptors (Lipinski definition) is 3. The topological polar surface area (TPSA) is 81.1 Å². The third kappa shape index (κ3) is 2.41. The summed E-state index contributed by atoms with van der Waals surface area (Å²) in [6.07, 6.45) is 1.68. The molecule has 3 N–H and O–H groups in total. The minimum Gasteiger partial charge on any atom is -0.481 e. The van der Waals surface area contributed by atoms with Gasteiger partial charge in [0.1, 0.15) is 0 Å². The first-order chi connectivity index (χ1) is 10.6. The summed E-state index contributed by atoms with van der Waals surface area (Å²) >= 11 is 0. The van der Waals surface area contributed by atoms with Crippen molar-refractivity contribution in [3.8, 4) is 0 Å². The fourth-order valence-electron chi connectivity index (χ4n) is 2.75. The van der Waals surface area contributed by atoms with Crippen LogP contribution >= 0.6 is 0 Å². The minimum absolute atomic E-state index is 0.327. The van der Waals surface area contributed by atoms with Crippen molar-refractivity contribution in [2.24, 2.45) is 5.92 Å². The molecule has 2 atom stereocenters. The first-order valence-electron chi connectivity index (χ1n) is 7.07. The molecule has 0 radical (unpaired) electrons. The lowest BCUT2D eigenvalue weighted by molar-refractivity contribution is -0.142. The summed E-state index contributed by atoms with van der Waals surface area (Å²) in [7, 11) is 0. The molecule has 0 aliphatic carbocycles. The van der Waals surface area contributed by atoms with Gasteiger partial charge < -0.3 is 15.4 Å². The van der Waals surface area contributed by atoms with Gasteiger partial charge in [-0.25, -0.2) is 4.98 Å². The second-order valence-corrected chi connectivity index (χ2v) is 5.38. The SMILES string of the molecule is CC(C(=O)O)[C@H](c1ccccc1)n1cnc2cc(N)ccc21. The van der Waals surface area contributed by atoms with Crippen molar-refractivity contribution in [2.45, 2.75) is 13.0 Å². The summed E-state index contributed by atoms with van der Waals surface area (Å²) in [5, 5.41) is 9.48. The molecular weight excluding hydrogens is 278 g/mol. The zero-order chi connectivity index (χ0) is 15.7. The molecule has 112 valence electrons. The molecular formula is C17H17N3O2. The maximum absolute atomic E-state index is 11.5. The van der Waals surface area contributed by atoms with E-state index in [1.165, 1.54) is 0 Å². The van der Waals surface area contributed by atoms with Crippen LogP contribution in [0.4, 0.5) is 5.69 Å². The Hall–Kier alpha value is -2.82. The maximum Gasteiger partial charge on any atom is 0.308 e. The van der Waals surface area contributed by atoms with E-state index in [4.69, 9.17) is 5.73 Å². The highest BCUT2D eigenvalue weighted by Gasteiger charge is 2.27. The molecule has 0 amide bonds. The van der Waals surface area contributed by atoms with Crippen molar-refractivity contribution in [3.63, 3.8) is 0 Å². The molecule has 2 aromatic carbocycles. The van der Waals surface area contributed by atoms with E-state index < -0.39 is 11.9 Å². The molecule has 3 aromatic rings. The van der Waals surface area contributed by atoms with Crippen LogP contribution in [0.15, 0.2) is 54.9 Å². The number of nitrogens with zero attached hydrogens (tertiary/aromatic N) is 2. The van der Waals surface area contributed by atoms with Gasteiger partial charge in [-0.3, -0.25) is 4.79 Å². The summed E-state index contributed by atoms with van der Waals surface area (Å²) in [6.45, 7) is 1.71. The predicted molar refractivity (Wildman–Crippen MR) is 85.5 cm³/mol. The molecule has 1 unspecified atom stereocenters. The van der Waals surface area contributed by atoms with Crippen LogP contribution in [-0.4, -0.2) is 20.6 Å². The van der Waals surface area contributed by atoms with Gasteiger partial charge in [-0.2, -0.15) is 0 Å². The van der Waals surface area contributed by atoms with E-state index >= 15 is 0 Å². The number of hydrogen-bond donors (Lipinski definition) is 2. The first-order valence-corrected chi connectivity index (χ1v) is 7.07. The number of nitrogen functional groups attached to an aromatic ring is 1. The molecule has 0 bridgehead atoms. The molecule has 0 saturated heterocycles. The van der Waals surface area contributed by atoms with Crippen LogP contribution in [0, 0.1) is 5.92 Å². The Bertz CT molecular complexity index is 811. The Morgan fingerprint density at radius 1 is 1.23 bits per heavy atom. The van der Waals surface area contributed by atoms with Crippen molar-refractivity contribution in [1.29, 1.82) is 0 Å². The third-order valence-corrected chi connectivity index (χ3v) is 3.90. The summed E-state index contributed by atoms with van der Waals surface area (Å²) in [6, 6.07) is 14.8. The number of rotatable bonds is 4. The molecule has 0 fully saturated rings. The number of aliphatic carboxylic acids is 1. The number of carboxylic acid groups (broad SMARTS) is 1. The van der Waals surface area contributed by atoms with Gasteiger partial charge in [-0.05, 0) is 30.7 Å². The van der Waals surface area contributed by atoms with Crippen molar-refractivity contribution in [2.75, 3.05) is 5.73 Å². The molecule has 5 heteroatoms. The van der Waals surface area contributed by atoms with Gasteiger partial charge in [-0.15, -0.1) is 0 Å². The van der Waals surface area contributed by atoms with Crippen molar-refractivity contribution in [3.05, 3.63) is 60.4 Å². The van der Waals surface area contributed by atoms with E-state index in [1.54, 1.807) is 25.4 Å². The van der Waals surface area contributed by atoms with Crippen LogP contribution < -0.4 is 5.73 Å². The van der Waals surface area contributed by atoms with Crippen LogP contribution in [-0.2, 0) is 4.79 Å². The van der Waals surface area contributed by atoms with Crippen molar-refractivity contribution < 1.29 is 9.90 Å². The van der Waals surface area contributed by atoms with Gasteiger partial charge >= 0.3 is 5.97 Å². The fraction of sp³-hybridized carbons (Fsp3) is 0.176. The zero-order valence-corrected chi connectivity index (χ0v) is 12.2. The van der Waals surface area contributed by atoms with E-state index in [-0.39, 0.29) is 6.04 Å². The summed E-state index contributed by atoms with van der Waals surface area (Å²) < 4.78 is 1.91. The van der Waals surface area contributed by atoms with E-state index in [2.05, 4.69) is 4.98 Å². The van der Waals surface area contributed by atoms with E-state index in [0.29, 0.717) is 5.69 Å². The highest BCUT2D eigenvalue weighted by Crippen LogP contribution is 2.30. The average Bonchev–Trinajstić information content (AvgIpc) is 2.91. The Morgan fingerprint density at radius 3 is 2.64 bits per heavy atom. The highest BCUT2D eigenvalue weighted by atomic mass is 16.4. The van der Waals surface area contributed by atoms with Crippen LogP contribution in [0.3, 0.4) is 0 Å². The molecule has 0 aliphatic heterocycles. The molecule has 0 aliphatic rings. The Kier molecular flexibility index (Phi) is 3.55. The number of fused-ring (bicyclic) bond motifs is 1. The number of carbonyl (C=O) groups is 1. The monoisotopic (exact) mass is 295 g/mol. The van der Waals surface area contributed by atoms with Crippen LogP contribution in [0.5, 0.6) is 0 Å². The predicted octanol–water partition coefficient (Wildman–Crippen LogP) is 2.93. The molecule has 3 rings (SSSR count). The van der Waals surface area contributed by atoms with Crippen LogP contribution in [0.1, 0.15) is 18.5 Å². The van der Waals surface area contributed by atoms with Gasteiger partial charge in [-0.1, -0.05) is 30.3 Å². The van der Waals surface area contributed by atoms with E-state index in [0.717, 1.165) is 16.6 Å². The lowest BCUT2D eigenvalue weighted by Crippen LogP contribution is -2.24. The Morgan fingerprint density at radius 2 is 1.95 bits per heavy atom. The largest absolute Gasteiger partial charge is 0.481 e. The molecule has 5 nitrogen and oxygen atoms in total. The third-order valence-electron chi connectivity index (χ3n) is 3.90. The first kappa shape index (κ1) is 14.1. The number of carboxylic acids is 1. The Balaban J connectivity index is 2.18. The van der Waals surface area contributed by atoms with Crippen LogP contribution in [0.2, 0.25) is 0 Å². The van der Waals surface area contributed by atoms with Gasteiger partial charge in [0, 0.05) is 5.69 Å². The molecule has 1 aromatic heterocycles. The smallest absolute Gasteiger partial charge is 0.308 e. The van der Waals surface area contributed by atoms with E-state index in [9.17, 15) is 9.90 Å². The fourth-order valence-corrected chi connectivity index (χ4v) is 2.75. The molecule has 1 heterocycles. The summed E-state index contributed by atoms with van der Waals surface area (Å²) in [4.78, 5) is 15.9. The normalized spacial score (nSPS) is 13.9. The number of anilines is 1. The standard InChI is InChI=1S/C17H17N3O2/c1-11(17(21)22)16(12-5-3-2-4-6-12)20-10-19-14-9-13(18)7-8-15(14)20/h2-11,16H,18H2,1H3,(H,21,22)/t11?,16-/m1/s1. The lowest BCUT2D eigenvalue weighted by Gasteiger charge is -2.23. The number of aromatic nitrogens is 2. The molecule has 0 spiro atoms. The molecule has 22 heavy (non-hydrogen) atoms. The minimum atomic E-state index is -0.842. The second-order valence-electron chi connectivity index (χ2n) is 5.38. The lowest BCUT2D eigenvalue weighted by atomic mass is 9.94. The van der Waals surface area contributed by atoms with Crippen molar-refractivity contribution in [1.82, 2.24) is 9.55 Å². The number of benzene rings is 2. The number of imidazole rings is 1. The second kappa shape index (κ2) is 5.52. The molecule has 0 saturated carbocycles. The summed E-state index contributed by atoms with van der Waals surface area (Å²) in [5.74, 6) is -1.43. The zero-order valence-electron chi connectivity index (χ0n) is 12.2. The highest BCUT2D eigenvalue weighted by molar-refractivity contribution is 5.80. The maximum atomic E-state index is 11.5. The van der Waals surface area contributed by atoms with Crippen molar-refractivity contribution >= 4 is 22.7 Å². The quantitative estimate of drug-likeness (QED) is 0.725. The van der Waals surface area contributed by atoms with Gasteiger partial charge in [0.2, 0.25) is 0 Å².